The molecule has 3 rings (SSSR count). The Balaban J connectivity index is 1.59. The van der Waals surface area contributed by atoms with Crippen LogP contribution >= 0.6 is 0 Å². The van der Waals surface area contributed by atoms with Crippen LogP contribution < -0.4 is 5.73 Å². The fourth-order valence-electron chi connectivity index (χ4n) is 5.40. The van der Waals surface area contributed by atoms with E-state index in [4.69, 9.17) is 5.73 Å². The molecular weight excluding hydrogens is 230 g/mol. The predicted octanol–water partition coefficient (Wildman–Crippen LogP) is 4.89. The lowest BCUT2D eigenvalue weighted by Gasteiger charge is -2.43. The highest BCUT2D eigenvalue weighted by Gasteiger charge is 2.37. The van der Waals surface area contributed by atoms with Crippen molar-refractivity contribution < 1.29 is 0 Å². The molecule has 3 fully saturated rings. The minimum atomic E-state index is 0.531. The summed E-state index contributed by atoms with van der Waals surface area (Å²) in [6.45, 7) is 0. The third-order valence-corrected chi connectivity index (χ3v) is 6.57. The maximum absolute atomic E-state index is 6.50. The molecule has 1 nitrogen and oxygen atoms in total. The van der Waals surface area contributed by atoms with Gasteiger partial charge in [-0.3, -0.25) is 0 Å². The average molecular weight is 263 g/mol. The van der Waals surface area contributed by atoms with Crippen LogP contribution in [0.5, 0.6) is 0 Å². The standard InChI is InChI=1S/C18H33N/c19-18-12-11-16(14-7-3-1-4-8-14)13-17(18)15-9-5-2-6-10-15/h14-18H,1-13,19H2. The van der Waals surface area contributed by atoms with Crippen molar-refractivity contribution in [3.05, 3.63) is 0 Å². The van der Waals surface area contributed by atoms with Gasteiger partial charge in [-0.2, -0.15) is 0 Å². The summed E-state index contributed by atoms with van der Waals surface area (Å²) in [5.41, 5.74) is 6.50. The summed E-state index contributed by atoms with van der Waals surface area (Å²) < 4.78 is 0. The Hall–Kier alpha value is -0.0400. The number of nitrogens with two attached hydrogens (primary N) is 1. The summed E-state index contributed by atoms with van der Waals surface area (Å²) in [7, 11) is 0. The predicted molar refractivity (Wildman–Crippen MR) is 82.0 cm³/mol. The van der Waals surface area contributed by atoms with E-state index >= 15 is 0 Å². The van der Waals surface area contributed by atoms with Crippen molar-refractivity contribution in [1.82, 2.24) is 0 Å². The van der Waals surface area contributed by atoms with Gasteiger partial charge in [-0.15, -0.1) is 0 Å². The van der Waals surface area contributed by atoms with Crippen LogP contribution in [0.4, 0.5) is 0 Å². The largest absolute Gasteiger partial charge is 0.327 e. The van der Waals surface area contributed by atoms with Gasteiger partial charge in [0.25, 0.3) is 0 Å². The zero-order valence-corrected chi connectivity index (χ0v) is 12.7. The molecule has 0 aromatic rings. The Morgan fingerprint density at radius 3 is 1.74 bits per heavy atom. The molecule has 3 aliphatic rings. The first-order valence-corrected chi connectivity index (χ1v) is 9.10. The minimum absolute atomic E-state index is 0.531. The lowest BCUT2D eigenvalue weighted by atomic mass is 9.64. The highest BCUT2D eigenvalue weighted by Crippen LogP contribution is 2.44. The third kappa shape index (κ3) is 3.35. The molecule has 0 spiro atoms. The van der Waals surface area contributed by atoms with Gasteiger partial charge >= 0.3 is 0 Å². The summed E-state index contributed by atoms with van der Waals surface area (Å²) in [4.78, 5) is 0. The maximum Gasteiger partial charge on any atom is 0.00700 e. The highest BCUT2D eigenvalue weighted by molar-refractivity contribution is 4.90. The van der Waals surface area contributed by atoms with E-state index in [1.54, 1.807) is 0 Å². The topological polar surface area (TPSA) is 26.0 Å². The molecule has 3 unspecified atom stereocenters. The Kier molecular flexibility index (Phi) is 4.84. The van der Waals surface area contributed by atoms with Gasteiger partial charge in [0.2, 0.25) is 0 Å². The van der Waals surface area contributed by atoms with Crippen LogP contribution in [0.15, 0.2) is 0 Å². The third-order valence-electron chi connectivity index (χ3n) is 6.57. The van der Waals surface area contributed by atoms with Crippen LogP contribution in [0.25, 0.3) is 0 Å². The quantitative estimate of drug-likeness (QED) is 0.754. The Morgan fingerprint density at radius 1 is 0.526 bits per heavy atom. The molecule has 0 amide bonds. The molecule has 19 heavy (non-hydrogen) atoms. The number of hydrogen-bond donors (Lipinski definition) is 1. The molecule has 110 valence electrons. The van der Waals surface area contributed by atoms with Gasteiger partial charge in [0, 0.05) is 6.04 Å². The van der Waals surface area contributed by atoms with Gasteiger partial charge in [0.1, 0.15) is 0 Å². The zero-order chi connectivity index (χ0) is 13.1. The summed E-state index contributed by atoms with van der Waals surface area (Å²) in [6.07, 6.45) is 19.2. The van der Waals surface area contributed by atoms with E-state index in [1.165, 1.54) is 83.5 Å². The van der Waals surface area contributed by atoms with Crippen molar-refractivity contribution in [2.24, 2.45) is 29.4 Å². The Morgan fingerprint density at radius 2 is 1.11 bits per heavy atom. The van der Waals surface area contributed by atoms with Crippen molar-refractivity contribution in [2.45, 2.75) is 89.5 Å². The Bertz CT molecular complexity index is 263. The molecule has 3 atom stereocenters. The van der Waals surface area contributed by atoms with Crippen molar-refractivity contribution in [3.8, 4) is 0 Å². The van der Waals surface area contributed by atoms with E-state index < -0.39 is 0 Å². The molecule has 3 aliphatic carbocycles. The molecule has 0 heterocycles. The molecule has 0 aromatic heterocycles. The van der Waals surface area contributed by atoms with Crippen LogP contribution in [0.2, 0.25) is 0 Å². The normalized spacial score (nSPS) is 39.3. The molecule has 3 saturated carbocycles. The first-order chi connectivity index (χ1) is 9.34. The molecule has 1 heteroatoms. The first kappa shape index (κ1) is 13.9. The van der Waals surface area contributed by atoms with Crippen LogP contribution in [0.1, 0.15) is 83.5 Å². The lowest BCUT2D eigenvalue weighted by molar-refractivity contribution is 0.0943. The molecule has 0 saturated heterocycles. The smallest absolute Gasteiger partial charge is 0.00700 e. The summed E-state index contributed by atoms with van der Waals surface area (Å²) >= 11 is 0. The lowest BCUT2D eigenvalue weighted by Crippen LogP contribution is -2.42. The number of hydrogen-bond acceptors (Lipinski definition) is 1. The van der Waals surface area contributed by atoms with Gasteiger partial charge in [0.05, 0.1) is 0 Å². The SMILES string of the molecule is NC1CCC(C2CCCCC2)CC1C1CCCCC1. The van der Waals surface area contributed by atoms with E-state index in [0.717, 1.165) is 23.7 Å². The van der Waals surface area contributed by atoms with Gasteiger partial charge in [-0.05, 0) is 42.9 Å². The Labute approximate surface area is 119 Å². The molecular formula is C18H33N. The minimum Gasteiger partial charge on any atom is -0.327 e. The van der Waals surface area contributed by atoms with Crippen molar-refractivity contribution in [3.63, 3.8) is 0 Å². The van der Waals surface area contributed by atoms with E-state index in [1.807, 2.05) is 0 Å². The fourth-order valence-corrected chi connectivity index (χ4v) is 5.40. The summed E-state index contributed by atoms with van der Waals surface area (Å²) in [6, 6.07) is 0.531. The summed E-state index contributed by atoms with van der Waals surface area (Å²) in [5, 5.41) is 0. The van der Waals surface area contributed by atoms with Crippen molar-refractivity contribution >= 4 is 0 Å². The summed E-state index contributed by atoms with van der Waals surface area (Å²) in [5.74, 6) is 3.95. The van der Waals surface area contributed by atoms with Crippen LogP contribution in [-0.4, -0.2) is 6.04 Å². The molecule has 0 bridgehead atoms. The average Bonchev–Trinajstić information content (AvgIpc) is 2.49. The molecule has 2 N–H and O–H groups in total. The molecule has 0 radical (unpaired) electrons. The van der Waals surface area contributed by atoms with Gasteiger partial charge in [0.15, 0.2) is 0 Å². The molecule has 0 aromatic carbocycles. The fraction of sp³-hybridized carbons (Fsp3) is 1.00. The molecule has 0 aliphatic heterocycles. The second-order valence-corrected chi connectivity index (χ2v) is 7.70. The van der Waals surface area contributed by atoms with Gasteiger partial charge in [-0.1, -0.05) is 64.2 Å². The van der Waals surface area contributed by atoms with Gasteiger partial charge < -0.3 is 5.73 Å². The zero-order valence-electron chi connectivity index (χ0n) is 12.7. The van der Waals surface area contributed by atoms with Crippen LogP contribution in [0, 0.1) is 23.7 Å². The second kappa shape index (κ2) is 6.61. The first-order valence-electron chi connectivity index (χ1n) is 9.10. The number of rotatable bonds is 2. The van der Waals surface area contributed by atoms with Crippen LogP contribution in [0.3, 0.4) is 0 Å². The van der Waals surface area contributed by atoms with Crippen LogP contribution in [-0.2, 0) is 0 Å². The van der Waals surface area contributed by atoms with E-state index in [0.29, 0.717) is 6.04 Å². The van der Waals surface area contributed by atoms with Crippen molar-refractivity contribution in [1.29, 1.82) is 0 Å². The van der Waals surface area contributed by atoms with E-state index in [2.05, 4.69) is 0 Å². The second-order valence-electron chi connectivity index (χ2n) is 7.70. The van der Waals surface area contributed by atoms with E-state index in [9.17, 15) is 0 Å². The van der Waals surface area contributed by atoms with E-state index in [-0.39, 0.29) is 0 Å². The maximum atomic E-state index is 6.50. The van der Waals surface area contributed by atoms with Gasteiger partial charge in [-0.25, -0.2) is 0 Å². The van der Waals surface area contributed by atoms with Crippen molar-refractivity contribution in [2.75, 3.05) is 0 Å². The monoisotopic (exact) mass is 263 g/mol. The highest BCUT2D eigenvalue weighted by atomic mass is 14.7.